The van der Waals surface area contributed by atoms with Crippen LogP contribution in [0.4, 0.5) is 0 Å². The molecule has 1 saturated heterocycles. The Balaban J connectivity index is 1.61. The molecule has 1 heterocycles. The highest BCUT2D eigenvalue weighted by atomic mass is 16.6. The molecule has 0 spiro atoms. The number of ether oxygens (including phenoxy) is 5. The molecule has 1 aromatic rings. The van der Waals surface area contributed by atoms with Gasteiger partial charge in [0.2, 0.25) is 12.3 Å². The van der Waals surface area contributed by atoms with E-state index in [-0.39, 0.29) is 35.3 Å². The van der Waals surface area contributed by atoms with Gasteiger partial charge in [0.05, 0.1) is 72.0 Å². The summed E-state index contributed by atoms with van der Waals surface area (Å²) in [7, 11) is 0. The third-order valence-corrected chi connectivity index (χ3v) is 6.61. The van der Waals surface area contributed by atoms with Gasteiger partial charge in [-0.2, -0.15) is 5.26 Å². The minimum atomic E-state index is -0.435. The summed E-state index contributed by atoms with van der Waals surface area (Å²) in [5, 5.41) is 15.1. The quantitative estimate of drug-likeness (QED) is 0.0859. The lowest BCUT2D eigenvalue weighted by molar-refractivity contribution is -0.127. The first-order valence-electron chi connectivity index (χ1n) is 15.1. The molecule has 1 aromatic carbocycles. The van der Waals surface area contributed by atoms with Crippen LogP contribution in [0.3, 0.4) is 0 Å². The van der Waals surface area contributed by atoms with Crippen LogP contribution < -0.4 is 10.6 Å². The fourth-order valence-corrected chi connectivity index (χ4v) is 4.57. The average Bonchev–Trinajstić information content (AvgIpc) is 3.46. The maximum Gasteiger partial charge on any atom is 0.264 e. The Morgan fingerprint density at radius 3 is 1.89 bits per heavy atom. The molecular formula is C32H48N4O8. The number of amides is 3. The van der Waals surface area contributed by atoms with Gasteiger partial charge in [0.15, 0.2) is 0 Å². The van der Waals surface area contributed by atoms with E-state index in [4.69, 9.17) is 23.7 Å². The molecule has 2 N–H and O–H groups in total. The van der Waals surface area contributed by atoms with Crippen LogP contribution in [0.2, 0.25) is 0 Å². The molecule has 2 atom stereocenters. The van der Waals surface area contributed by atoms with Crippen LogP contribution in [0.5, 0.6) is 0 Å². The number of nitriles is 1. The lowest BCUT2D eigenvalue weighted by atomic mass is 9.88. The number of nitrogens with one attached hydrogen (secondary N) is 2. The molecule has 0 saturated carbocycles. The minimum absolute atomic E-state index is 0.0981. The van der Waals surface area contributed by atoms with Crippen LogP contribution in [0.15, 0.2) is 42.0 Å². The molecule has 1 fully saturated rings. The van der Waals surface area contributed by atoms with E-state index in [0.717, 1.165) is 5.56 Å². The van der Waals surface area contributed by atoms with Gasteiger partial charge in [-0.15, -0.1) is 0 Å². The molecule has 0 unspecified atom stereocenters. The highest BCUT2D eigenvalue weighted by molar-refractivity contribution is 5.98. The summed E-state index contributed by atoms with van der Waals surface area (Å²) in [5.41, 5.74) is 0.762. The van der Waals surface area contributed by atoms with Crippen LogP contribution >= 0.6 is 0 Å². The van der Waals surface area contributed by atoms with Crippen LogP contribution in [-0.2, 0) is 38.1 Å². The first-order chi connectivity index (χ1) is 21.3. The Morgan fingerprint density at radius 2 is 1.39 bits per heavy atom. The molecule has 44 heavy (non-hydrogen) atoms. The number of likely N-dealkylation sites (tertiary alicyclic amines) is 1. The Labute approximate surface area is 261 Å². The molecule has 1 aliphatic heterocycles. The summed E-state index contributed by atoms with van der Waals surface area (Å²) in [4.78, 5) is 38.1. The zero-order valence-corrected chi connectivity index (χ0v) is 26.3. The van der Waals surface area contributed by atoms with Crippen molar-refractivity contribution in [2.75, 3.05) is 92.2 Å². The smallest absolute Gasteiger partial charge is 0.264 e. The number of hydrogen-bond acceptors (Lipinski definition) is 9. The van der Waals surface area contributed by atoms with Crippen molar-refractivity contribution < 1.29 is 38.1 Å². The van der Waals surface area contributed by atoms with Gasteiger partial charge in [-0.25, -0.2) is 0 Å². The van der Waals surface area contributed by atoms with Crippen molar-refractivity contribution in [1.82, 2.24) is 15.5 Å². The van der Waals surface area contributed by atoms with E-state index in [9.17, 15) is 19.6 Å². The van der Waals surface area contributed by atoms with Crippen LogP contribution in [0, 0.1) is 22.7 Å². The van der Waals surface area contributed by atoms with E-state index in [2.05, 4.69) is 10.6 Å². The van der Waals surface area contributed by atoms with Crippen molar-refractivity contribution in [2.45, 2.75) is 26.7 Å². The van der Waals surface area contributed by atoms with Gasteiger partial charge >= 0.3 is 0 Å². The van der Waals surface area contributed by atoms with Crippen molar-refractivity contribution >= 4 is 18.2 Å². The van der Waals surface area contributed by atoms with Crippen LogP contribution in [-0.4, -0.2) is 115 Å². The van der Waals surface area contributed by atoms with Gasteiger partial charge in [0.1, 0.15) is 11.6 Å². The molecule has 12 heteroatoms. The Morgan fingerprint density at radius 1 is 0.864 bits per heavy atom. The first kappa shape index (κ1) is 36.8. The summed E-state index contributed by atoms with van der Waals surface area (Å²) < 4.78 is 27.2. The molecule has 0 radical (unpaired) electrons. The number of carbonyl (C=O) groups excluding carboxylic acids is 3. The second kappa shape index (κ2) is 21.4. The van der Waals surface area contributed by atoms with Crippen LogP contribution in [0.1, 0.15) is 32.3 Å². The highest BCUT2D eigenvalue weighted by Gasteiger charge is 2.41. The molecule has 3 amide bonds. The van der Waals surface area contributed by atoms with Crippen LogP contribution in [0.25, 0.3) is 0 Å². The van der Waals surface area contributed by atoms with E-state index >= 15 is 0 Å². The van der Waals surface area contributed by atoms with Gasteiger partial charge in [0, 0.05) is 32.1 Å². The minimum Gasteiger partial charge on any atom is -0.377 e. The monoisotopic (exact) mass is 616 g/mol. The predicted molar refractivity (Wildman–Crippen MR) is 164 cm³/mol. The lowest BCUT2D eigenvalue weighted by Gasteiger charge is -2.18. The molecule has 0 aliphatic carbocycles. The van der Waals surface area contributed by atoms with Crippen molar-refractivity contribution in [1.29, 1.82) is 5.26 Å². The fourth-order valence-electron chi connectivity index (χ4n) is 4.57. The summed E-state index contributed by atoms with van der Waals surface area (Å²) >= 11 is 0. The third-order valence-electron chi connectivity index (χ3n) is 6.61. The Hall–Kier alpha value is -3.34. The summed E-state index contributed by atoms with van der Waals surface area (Å²) in [5.74, 6) is -1.10. The lowest BCUT2D eigenvalue weighted by Crippen LogP contribution is -2.37. The third kappa shape index (κ3) is 14.9. The Kier molecular flexibility index (Phi) is 17.9. The fraction of sp³-hybridized carbons (Fsp3) is 0.625. The van der Waals surface area contributed by atoms with E-state index in [1.807, 2.05) is 57.2 Å². The highest BCUT2D eigenvalue weighted by Crippen LogP contribution is 2.34. The van der Waals surface area contributed by atoms with E-state index < -0.39 is 5.92 Å². The Bertz CT molecular complexity index is 1050. The molecule has 1 aliphatic rings. The normalized spacial score (nSPS) is 16.9. The molecule has 2 rings (SSSR count). The number of allylic oxidation sites excluding steroid dienone is 1. The second-order valence-electron chi connectivity index (χ2n) is 11.3. The summed E-state index contributed by atoms with van der Waals surface area (Å²) in [6.45, 7) is 11.5. The van der Waals surface area contributed by atoms with E-state index in [0.29, 0.717) is 92.1 Å². The van der Waals surface area contributed by atoms with E-state index in [1.165, 1.54) is 0 Å². The molecule has 12 nitrogen and oxygen atoms in total. The average molecular weight is 617 g/mol. The van der Waals surface area contributed by atoms with Gasteiger partial charge < -0.3 is 39.2 Å². The van der Waals surface area contributed by atoms with Gasteiger partial charge in [0.25, 0.3) is 5.91 Å². The van der Waals surface area contributed by atoms with Crippen molar-refractivity contribution in [3.63, 3.8) is 0 Å². The topological polar surface area (TPSA) is 148 Å². The number of nitrogens with zero attached hydrogens (tertiary/aromatic N) is 2. The largest absolute Gasteiger partial charge is 0.377 e. The molecule has 0 aromatic heterocycles. The number of carbonyl (C=O) groups is 3. The maximum atomic E-state index is 13.2. The zero-order valence-electron chi connectivity index (χ0n) is 26.3. The zero-order chi connectivity index (χ0) is 32.0. The summed E-state index contributed by atoms with van der Waals surface area (Å²) in [6, 6.07) is 11.7. The van der Waals surface area contributed by atoms with Gasteiger partial charge in [-0.1, -0.05) is 57.2 Å². The summed E-state index contributed by atoms with van der Waals surface area (Å²) in [6.07, 6.45) is 2.32. The van der Waals surface area contributed by atoms with Crippen molar-refractivity contribution in [2.24, 2.45) is 11.3 Å². The van der Waals surface area contributed by atoms with Gasteiger partial charge in [-0.05, 0) is 11.0 Å². The van der Waals surface area contributed by atoms with Gasteiger partial charge in [-0.3, -0.25) is 14.4 Å². The van der Waals surface area contributed by atoms with E-state index in [1.54, 1.807) is 11.0 Å². The van der Waals surface area contributed by atoms with Crippen molar-refractivity contribution in [3.8, 4) is 6.07 Å². The number of benzene rings is 1. The second-order valence-corrected chi connectivity index (χ2v) is 11.3. The van der Waals surface area contributed by atoms with Crippen molar-refractivity contribution in [3.05, 3.63) is 47.5 Å². The number of hydrogen-bond donors (Lipinski definition) is 2. The maximum absolute atomic E-state index is 13.2. The first-order valence-corrected chi connectivity index (χ1v) is 15.1. The standard InChI is InChI=1S/C32H48N4O8/c1-32(2,3)21-27(22-33)31(39)36-23-28(26-7-5-4-6-8-26)29(24-36)30(38)35-10-12-41-14-16-43-18-20-44-19-17-42-15-13-40-11-9-34-25-37/h4-8,21,25,28-29H,9-20,23-24H2,1-3H3,(H,34,37)(H,35,38)/b27-21+/t28-,29+/m0/s1. The molecular weight excluding hydrogens is 568 g/mol. The predicted octanol–water partition coefficient (Wildman–Crippen LogP) is 1.67. The molecule has 244 valence electrons. The SMILES string of the molecule is CC(C)(C)/C=C(\C#N)C(=O)N1C[C@@H](C(=O)NCCOCCOCCOCCOCCOCCNC=O)[C@H](c2ccccc2)C1. The number of rotatable bonds is 22. The molecule has 0 bridgehead atoms.